The third-order valence-corrected chi connectivity index (χ3v) is 2.17. The molecule has 17 heavy (non-hydrogen) atoms. The monoisotopic (exact) mass is 236 g/mol. The summed E-state index contributed by atoms with van der Waals surface area (Å²) in [7, 11) is 0. The summed E-state index contributed by atoms with van der Waals surface area (Å²) in [5.41, 5.74) is -0.451. The predicted molar refractivity (Wildman–Crippen MR) is 59.9 cm³/mol. The molecular weight excluding hydrogens is 224 g/mol. The van der Waals surface area contributed by atoms with Gasteiger partial charge in [-0.2, -0.15) is 0 Å². The predicted octanol–water partition coefficient (Wildman–Crippen LogP) is 0.591. The first kappa shape index (κ1) is 12.7. The Bertz CT molecular complexity index is 391. The molecule has 6 nitrogen and oxygen atoms in total. The molecule has 1 saturated heterocycles. The van der Waals surface area contributed by atoms with E-state index in [9.17, 15) is 14.4 Å². The van der Waals surface area contributed by atoms with E-state index in [1.807, 2.05) is 0 Å². The van der Waals surface area contributed by atoms with E-state index in [4.69, 9.17) is 5.11 Å². The number of amides is 4. The van der Waals surface area contributed by atoms with Crippen LogP contribution in [0.25, 0.3) is 0 Å². The SMILES string of the molecule is C=CCN1C(=O)C(=CO)C(=O)N(CC=C)C1=O. The molecule has 1 aliphatic rings. The van der Waals surface area contributed by atoms with Crippen LogP contribution in [0, 0.1) is 0 Å². The molecule has 1 fully saturated rings. The maximum atomic E-state index is 11.8. The van der Waals surface area contributed by atoms with Gasteiger partial charge in [-0.25, -0.2) is 4.79 Å². The van der Waals surface area contributed by atoms with Gasteiger partial charge in [0.2, 0.25) is 0 Å². The smallest absolute Gasteiger partial charge is 0.334 e. The minimum absolute atomic E-state index is 0.0318. The molecule has 1 rings (SSSR count). The first-order valence-corrected chi connectivity index (χ1v) is 4.82. The topological polar surface area (TPSA) is 77.9 Å². The van der Waals surface area contributed by atoms with Crippen molar-refractivity contribution in [3.8, 4) is 0 Å². The molecule has 1 N–H and O–H groups in total. The van der Waals surface area contributed by atoms with Crippen molar-refractivity contribution in [3.63, 3.8) is 0 Å². The van der Waals surface area contributed by atoms with Gasteiger partial charge in [0.1, 0.15) is 5.57 Å². The maximum Gasteiger partial charge on any atom is 0.334 e. The van der Waals surface area contributed by atoms with E-state index in [1.165, 1.54) is 12.2 Å². The molecule has 0 spiro atoms. The number of carbonyl (C=O) groups excluding carboxylic acids is 3. The number of aliphatic hydroxyl groups is 1. The van der Waals surface area contributed by atoms with E-state index < -0.39 is 23.4 Å². The number of hydrogen-bond donors (Lipinski definition) is 1. The van der Waals surface area contributed by atoms with Crippen molar-refractivity contribution in [2.24, 2.45) is 0 Å². The number of carbonyl (C=O) groups is 3. The molecule has 1 aliphatic heterocycles. The van der Waals surface area contributed by atoms with Crippen LogP contribution in [0.4, 0.5) is 4.79 Å². The zero-order valence-electron chi connectivity index (χ0n) is 9.13. The van der Waals surface area contributed by atoms with Gasteiger partial charge < -0.3 is 5.11 Å². The van der Waals surface area contributed by atoms with E-state index in [1.54, 1.807) is 0 Å². The van der Waals surface area contributed by atoms with E-state index in [0.717, 1.165) is 9.80 Å². The average Bonchev–Trinajstić information content (AvgIpc) is 2.31. The van der Waals surface area contributed by atoms with E-state index in [0.29, 0.717) is 6.26 Å². The molecule has 0 aromatic heterocycles. The number of urea groups is 1. The molecule has 4 amide bonds. The normalized spacial score (nSPS) is 16.2. The van der Waals surface area contributed by atoms with Crippen molar-refractivity contribution in [3.05, 3.63) is 37.1 Å². The number of rotatable bonds is 4. The van der Waals surface area contributed by atoms with Crippen LogP contribution >= 0.6 is 0 Å². The van der Waals surface area contributed by atoms with Gasteiger partial charge >= 0.3 is 6.03 Å². The fourth-order valence-electron chi connectivity index (χ4n) is 1.39. The highest BCUT2D eigenvalue weighted by atomic mass is 16.2. The van der Waals surface area contributed by atoms with E-state index >= 15 is 0 Å². The van der Waals surface area contributed by atoms with E-state index in [2.05, 4.69) is 13.2 Å². The number of aliphatic hydroxyl groups excluding tert-OH is 1. The van der Waals surface area contributed by atoms with Gasteiger partial charge in [-0.15, -0.1) is 13.2 Å². The quantitative estimate of drug-likeness (QED) is 0.335. The van der Waals surface area contributed by atoms with Crippen LogP contribution in [0.2, 0.25) is 0 Å². The Hall–Kier alpha value is -2.37. The van der Waals surface area contributed by atoms with Gasteiger partial charge in [-0.3, -0.25) is 19.4 Å². The summed E-state index contributed by atoms with van der Waals surface area (Å²) >= 11 is 0. The molecular formula is C11H12N2O4. The second-order valence-electron chi connectivity index (χ2n) is 3.23. The van der Waals surface area contributed by atoms with Crippen molar-refractivity contribution in [1.82, 2.24) is 9.80 Å². The van der Waals surface area contributed by atoms with Crippen molar-refractivity contribution in [1.29, 1.82) is 0 Å². The van der Waals surface area contributed by atoms with Crippen molar-refractivity contribution < 1.29 is 19.5 Å². The van der Waals surface area contributed by atoms with E-state index in [-0.39, 0.29) is 13.1 Å². The van der Waals surface area contributed by atoms with Gasteiger partial charge in [0.15, 0.2) is 0 Å². The molecule has 0 bridgehead atoms. The molecule has 0 aromatic carbocycles. The van der Waals surface area contributed by atoms with Crippen molar-refractivity contribution in [2.45, 2.75) is 0 Å². The lowest BCUT2D eigenvalue weighted by atomic mass is 10.1. The fourth-order valence-corrected chi connectivity index (χ4v) is 1.39. The molecule has 0 atom stereocenters. The second-order valence-corrected chi connectivity index (χ2v) is 3.23. The summed E-state index contributed by atoms with van der Waals surface area (Å²) in [4.78, 5) is 36.8. The minimum atomic E-state index is -0.831. The Kier molecular flexibility index (Phi) is 3.82. The highest BCUT2D eigenvalue weighted by molar-refractivity contribution is 6.28. The third-order valence-electron chi connectivity index (χ3n) is 2.17. The standard InChI is InChI=1S/C11H12N2O4/c1-3-5-12-9(15)8(7-14)10(16)13(6-4-2)11(12)17/h3-4,7,14H,1-2,5-6H2. The molecule has 0 radical (unpaired) electrons. The van der Waals surface area contributed by atoms with Gasteiger partial charge in [0, 0.05) is 13.1 Å². The number of barbiturate groups is 1. The Balaban J connectivity index is 3.15. The molecule has 1 heterocycles. The lowest BCUT2D eigenvalue weighted by Gasteiger charge is -2.32. The number of nitrogens with zero attached hydrogens (tertiary/aromatic N) is 2. The minimum Gasteiger partial charge on any atom is -0.515 e. The first-order chi connectivity index (χ1) is 8.08. The Morgan fingerprint density at radius 3 is 1.71 bits per heavy atom. The zero-order valence-corrected chi connectivity index (χ0v) is 9.13. The molecule has 0 unspecified atom stereocenters. The lowest BCUT2D eigenvalue weighted by molar-refractivity contribution is -0.135. The number of imide groups is 2. The summed E-state index contributed by atoms with van der Waals surface area (Å²) in [6.45, 7) is 6.76. The highest BCUT2D eigenvalue weighted by Gasteiger charge is 2.41. The van der Waals surface area contributed by atoms with Crippen molar-refractivity contribution in [2.75, 3.05) is 13.1 Å². The van der Waals surface area contributed by atoms with Crippen LogP contribution in [0.1, 0.15) is 0 Å². The van der Waals surface area contributed by atoms with Gasteiger partial charge in [-0.1, -0.05) is 12.2 Å². The molecule has 0 aliphatic carbocycles. The summed E-state index contributed by atoms with van der Waals surface area (Å²) in [6, 6.07) is -0.745. The summed E-state index contributed by atoms with van der Waals surface area (Å²) in [5.74, 6) is -1.66. The molecule has 0 aromatic rings. The molecule has 90 valence electrons. The van der Waals surface area contributed by atoms with Gasteiger partial charge in [0.25, 0.3) is 11.8 Å². The van der Waals surface area contributed by atoms with Crippen LogP contribution in [-0.4, -0.2) is 45.8 Å². The van der Waals surface area contributed by atoms with Crippen LogP contribution in [-0.2, 0) is 9.59 Å². The first-order valence-electron chi connectivity index (χ1n) is 4.82. The number of hydrogen-bond acceptors (Lipinski definition) is 4. The Morgan fingerprint density at radius 2 is 1.41 bits per heavy atom. The van der Waals surface area contributed by atoms with Crippen LogP contribution in [0.3, 0.4) is 0 Å². The Labute approximate surface area is 98.1 Å². The second kappa shape index (κ2) is 5.11. The highest BCUT2D eigenvalue weighted by Crippen LogP contribution is 2.16. The summed E-state index contributed by atoms with van der Waals surface area (Å²) in [6.07, 6.45) is 3.11. The third kappa shape index (κ3) is 2.10. The average molecular weight is 236 g/mol. The van der Waals surface area contributed by atoms with Gasteiger partial charge in [-0.05, 0) is 0 Å². The fraction of sp³-hybridized carbons (Fsp3) is 0.182. The zero-order chi connectivity index (χ0) is 13.0. The molecule has 6 heteroatoms. The van der Waals surface area contributed by atoms with Crippen LogP contribution < -0.4 is 0 Å². The van der Waals surface area contributed by atoms with Gasteiger partial charge in [0.05, 0.1) is 6.26 Å². The lowest BCUT2D eigenvalue weighted by Crippen LogP contribution is -2.56. The van der Waals surface area contributed by atoms with Crippen LogP contribution in [0.5, 0.6) is 0 Å². The maximum absolute atomic E-state index is 11.8. The van der Waals surface area contributed by atoms with Crippen LogP contribution in [0.15, 0.2) is 37.1 Å². The summed E-state index contributed by atoms with van der Waals surface area (Å²) in [5, 5.41) is 8.87. The summed E-state index contributed by atoms with van der Waals surface area (Å²) < 4.78 is 0. The molecule has 0 saturated carbocycles. The van der Waals surface area contributed by atoms with Crippen molar-refractivity contribution >= 4 is 17.8 Å². The largest absolute Gasteiger partial charge is 0.515 e. The Morgan fingerprint density at radius 1 is 1.00 bits per heavy atom.